The first kappa shape index (κ1) is 23.5. The van der Waals surface area contributed by atoms with Gasteiger partial charge in [-0.2, -0.15) is 0 Å². The summed E-state index contributed by atoms with van der Waals surface area (Å²) in [7, 11) is 0. The molecule has 0 fully saturated rings. The summed E-state index contributed by atoms with van der Waals surface area (Å²) < 4.78 is 10.7. The van der Waals surface area contributed by atoms with Crippen LogP contribution < -0.4 is 10.1 Å². The van der Waals surface area contributed by atoms with Gasteiger partial charge in [0.25, 0.3) is 0 Å². The Balaban J connectivity index is 1.34. The van der Waals surface area contributed by atoms with Crippen molar-refractivity contribution in [3.63, 3.8) is 0 Å². The number of amides is 1. The van der Waals surface area contributed by atoms with E-state index >= 15 is 0 Å². The van der Waals surface area contributed by atoms with E-state index in [1.54, 1.807) is 0 Å². The lowest BCUT2D eigenvalue weighted by Crippen LogP contribution is -2.28. The summed E-state index contributed by atoms with van der Waals surface area (Å²) >= 11 is 1.48. The summed E-state index contributed by atoms with van der Waals surface area (Å²) in [5, 5.41) is 5.49. The SMILES string of the molecule is CCOc1ccc(-c2nc(CC(=O)OCCNC(=O)CCc3ccc(C)cc3)cs2)cc1. The van der Waals surface area contributed by atoms with Crippen LogP contribution in [0.5, 0.6) is 5.75 Å². The van der Waals surface area contributed by atoms with Crippen molar-refractivity contribution in [3.8, 4) is 16.3 Å². The number of carbonyl (C=O) groups is 2. The fourth-order valence-corrected chi connectivity index (χ4v) is 3.86. The average Bonchev–Trinajstić information content (AvgIpc) is 3.25. The second-order valence-electron chi connectivity index (χ2n) is 7.33. The van der Waals surface area contributed by atoms with Crippen LogP contribution in [0.3, 0.4) is 0 Å². The van der Waals surface area contributed by atoms with Crippen molar-refractivity contribution >= 4 is 23.2 Å². The maximum Gasteiger partial charge on any atom is 0.311 e. The predicted molar refractivity (Wildman–Crippen MR) is 126 cm³/mol. The van der Waals surface area contributed by atoms with Crippen molar-refractivity contribution < 1.29 is 19.1 Å². The number of nitrogens with zero attached hydrogens (tertiary/aromatic N) is 1. The minimum Gasteiger partial charge on any atom is -0.494 e. The summed E-state index contributed by atoms with van der Waals surface area (Å²) in [4.78, 5) is 28.5. The summed E-state index contributed by atoms with van der Waals surface area (Å²) in [6.07, 6.45) is 1.20. The number of hydrogen-bond donors (Lipinski definition) is 1. The van der Waals surface area contributed by atoms with Crippen LogP contribution >= 0.6 is 11.3 Å². The number of carbonyl (C=O) groups excluding carboxylic acids is 2. The Morgan fingerprint density at radius 2 is 1.81 bits per heavy atom. The average molecular weight is 453 g/mol. The molecule has 168 valence electrons. The highest BCUT2D eigenvalue weighted by Crippen LogP contribution is 2.26. The maximum atomic E-state index is 12.1. The second-order valence-corrected chi connectivity index (χ2v) is 8.19. The van der Waals surface area contributed by atoms with Crippen LogP contribution in [-0.4, -0.2) is 36.6 Å². The molecule has 6 nitrogen and oxygen atoms in total. The van der Waals surface area contributed by atoms with Crippen LogP contribution in [0.25, 0.3) is 10.6 Å². The lowest BCUT2D eigenvalue weighted by Gasteiger charge is -2.07. The van der Waals surface area contributed by atoms with E-state index in [0.29, 0.717) is 31.7 Å². The zero-order valence-electron chi connectivity index (χ0n) is 18.4. The van der Waals surface area contributed by atoms with E-state index in [0.717, 1.165) is 21.9 Å². The molecule has 1 N–H and O–H groups in total. The third-order valence-electron chi connectivity index (χ3n) is 4.74. The molecule has 2 aromatic carbocycles. The van der Waals surface area contributed by atoms with Crippen LogP contribution in [0.4, 0.5) is 0 Å². The van der Waals surface area contributed by atoms with Crippen molar-refractivity contribution in [1.82, 2.24) is 10.3 Å². The Morgan fingerprint density at radius 3 is 2.53 bits per heavy atom. The number of rotatable bonds is 11. The molecular formula is C25H28N2O4S. The number of ether oxygens (including phenoxy) is 2. The number of nitrogens with one attached hydrogen (secondary N) is 1. The molecule has 0 aliphatic heterocycles. The normalized spacial score (nSPS) is 10.6. The largest absolute Gasteiger partial charge is 0.494 e. The number of esters is 1. The predicted octanol–water partition coefficient (Wildman–Crippen LogP) is 4.35. The Labute approximate surface area is 192 Å². The Morgan fingerprint density at radius 1 is 1.06 bits per heavy atom. The molecule has 0 unspecified atom stereocenters. The molecule has 0 atom stereocenters. The van der Waals surface area contributed by atoms with Crippen molar-refractivity contribution in [3.05, 3.63) is 70.7 Å². The molecule has 0 saturated heterocycles. The van der Waals surface area contributed by atoms with Gasteiger partial charge >= 0.3 is 5.97 Å². The molecule has 1 aromatic heterocycles. The standard InChI is InChI=1S/C25H28N2O4S/c1-3-30-22-11-9-20(10-12-22)25-27-21(17-32-25)16-24(29)31-15-14-26-23(28)13-8-19-6-4-18(2)5-7-19/h4-7,9-12,17H,3,8,13-16H2,1-2H3,(H,26,28). The maximum absolute atomic E-state index is 12.1. The molecule has 0 spiro atoms. The van der Waals surface area contributed by atoms with Gasteiger partial charge in [0.05, 0.1) is 25.3 Å². The quantitative estimate of drug-likeness (QED) is 0.346. The Bertz CT molecular complexity index is 1010. The van der Waals surface area contributed by atoms with Crippen molar-refractivity contribution in [2.45, 2.75) is 33.1 Å². The van der Waals surface area contributed by atoms with Gasteiger partial charge in [-0.15, -0.1) is 11.3 Å². The van der Waals surface area contributed by atoms with Crippen LogP contribution in [0, 0.1) is 6.92 Å². The Kier molecular flexibility index (Phi) is 8.80. The number of thiazole rings is 1. The van der Waals surface area contributed by atoms with Crippen LogP contribution in [-0.2, 0) is 27.2 Å². The molecule has 0 radical (unpaired) electrons. The van der Waals surface area contributed by atoms with Gasteiger partial charge in [-0.1, -0.05) is 29.8 Å². The van der Waals surface area contributed by atoms with Gasteiger partial charge in [0.15, 0.2) is 0 Å². The third-order valence-corrected chi connectivity index (χ3v) is 5.68. The zero-order chi connectivity index (χ0) is 22.8. The van der Waals surface area contributed by atoms with Crippen LogP contribution in [0.15, 0.2) is 53.9 Å². The topological polar surface area (TPSA) is 77.5 Å². The fraction of sp³-hybridized carbons (Fsp3) is 0.320. The van der Waals surface area contributed by atoms with Gasteiger partial charge in [0, 0.05) is 17.4 Å². The molecule has 0 saturated carbocycles. The highest BCUT2D eigenvalue weighted by atomic mass is 32.1. The monoisotopic (exact) mass is 452 g/mol. The van der Waals surface area contributed by atoms with Gasteiger partial charge in [-0.05, 0) is 50.1 Å². The molecule has 0 aliphatic carbocycles. The van der Waals surface area contributed by atoms with Crippen molar-refractivity contribution in [1.29, 1.82) is 0 Å². The van der Waals surface area contributed by atoms with Crippen LogP contribution in [0.1, 0.15) is 30.2 Å². The van der Waals surface area contributed by atoms with Crippen molar-refractivity contribution in [2.24, 2.45) is 0 Å². The lowest BCUT2D eigenvalue weighted by molar-refractivity contribution is -0.143. The first-order chi connectivity index (χ1) is 15.5. The van der Waals surface area contributed by atoms with Crippen molar-refractivity contribution in [2.75, 3.05) is 19.8 Å². The molecule has 3 rings (SSSR count). The van der Waals surface area contributed by atoms with E-state index in [-0.39, 0.29) is 24.9 Å². The first-order valence-corrected chi connectivity index (χ1v) is 11.6. The summed E-state index contributed by atoms with van der Waals surface area (Å²) in [5.74, 6) is 0.405. The Hall–Kier alpha value is -3.19. The minimum absolute atomic E-state index is 0.0545. The van der Waals surface area contributed by atoms with Crippen LogP contribution in [0.2, 0.25) is 0 Å². The lowest BCUT2D eigenvalue weighted by atomic mass is 10.1. The summed E-state index contributed by atoms with van der Waals surface area (Å²) in [5.41, 5.74) is 3.98. The second kappa shape index (κ2) is 12.0. The molecule has 7 heteroatoms. The molecule has 1 heterocycles. The molecule has 0 bridgehead atoms. The molecule has 1 amide bonds. The molecule has 0 aliphatic rings. The minimum atomic E-state index is -0.359. The molecular weight excluding hydrogens is 424 g/mol. The number of aromatic nitrogens is 1. The first-order valence-electron chi connectivity index (χ1n) is 10.7. The third kappa shape index (κ3) is 7.50. The van der Waals surface area contributed by atoms with Gasteiger partial charge in [0.2, 0.25) is 5.91 Å². The molecule has 3 aromatic rings. The summed E-state index contributed by atoms with van der Waals surface area (Å²) in [6.45, 7) is 5.05. The number of benzene rings is 2. The van der Waals surface area contributed by atoms with E-state index in [4.69, 9.17) is 9.47 Å². The number of hydrogen-bond acceptors (Lipinski definition) is 6. The zero-order valence-corrected chi connectivity index (χ0v) is 19.2. The van der Waals surface area contributed by atoms with E-state index in [1.807, 2.05) is 67.8 Å². The summed E-state index contributed by atoms with van der Waals surface area (Å²) in [6, 6.07) is 15.9. The molecule has 32 heavy (non-hydrogen) atoms. The van der Waals surface area contributed by atoms with E-state index in [2.05, 4.69) is 10.3 Å². The van der Waals surface area contributed by atoms with Gasteiger partial charge < -0.3 is 14.8 Å². The fourth-order valence-electron chi connectivity index (χ4n) is 3.04. The highest BCUT2D eigenvalue weighted by molar-refractivity contribution is 7.13. The van der Waals surface area contributed by atoms with E-state index < -0.39 is 0 Å². The van der Waals surface area contributed by atoms with Gasteiger partial charge in [0.1, 0.15) is 17.4 Å². The van der Waals surface area contributed by atoms with Gasteiger partial charge in [-0.3, -0.25) is 9.59 Å². The van der Waals surface area contributed by atoms with E-state index in [1.165, 1.54) is 16.9 Å². The van der Waals surface area contributed by atoms with E-state index in [9.17, 15) is 9.59 Å². The highest BCUT2D eigenvalue weighted by Gasteiger charge is 2.11. The smallest absolute Gasteiger partial charge is 0.311 e. The van der Waals surface area contributed by atoms with Gasteiger partial charge in [-0.25, -0.2) is 4.98 Å². The number of aryl methyl sites for hydroxylation is 2.